The summed E-state index contributed by atoms with van der Waals surface area (Å²) in [4.78, 5) is 29.4. The van der Waals surface area contributed by atoms with Crippen LogP contribution in [0, 0.1) is 0 Å². The zero-order valence-electron chi connectivity index (χ0n) is 11.8. The number of amides is 2. The predicted octanol–water partition coefficient (Wildman–Crippen LogP) is 2.37. The topological polar surface area (TPSA) is 82.5 Å². The molecule has 0 saturated carbocycles. The van der Waals surface area contributed by atoms with Crippen LogP contribution in [0.3, 0.4) is 0 Å². The molecule has 1 aliphatic heterocycles. The van der Waals surface area contributed by atoms with Crippen LogP contribution in [-0.2, 0) is 13.0 Å². The Kier molecular flexibility index (Phi) is 3.74. The highest BCUT2D eigenvalue weighted by molar-refractivity contribution is 5.91. The van der Waals surface area contributed by atoms with Gasteiger partial charge < -0.3 is 15.3 Å². The van der Waals surface area contributed by atoms with Crippen LogP contribution in [0.1, 0.15) is 21.6 Å². The number of nitrogens with zero attached hydrogens (tertiary/aromatic N) is 2. The first kappa shape index (κ1) is 14.1. The number of para-hydroxylation sites is 1. The second-order valence-electron chi connectivity index (χ2n) is 5.06. The summed E-state index contributed by atoms with van der Waals surface area (Å²) in [6.07, 6.45) is 2.06. The average Bonchev–Trinajstić information content (AvgIpc) is 2.54. The lowest BCUT2D eigenvalue weighted by atomic mass is 10.0. The summed E-state index contributed by atoms with van der Waals surface area (Å²) in [5.74, 6) is -0.996. The molecule has 6 heteroatoms. The highest BCUT2D eigenvalue weighted by Gasteiger charge is 2.25. The van der Waals surface area contributed by atoms with Gasteiger partial charge in [0, 0.05) is 36.1 Å². The summed E-state index contributed by atoms with van der Waals surface area (Å²) < 4.78 is 0. The number of carboxylic acids is 1. The summed E-state index contributed by atoms with van der Waals surface area (Å²) in [6, 6.07) is 10.4. The maximum atomic E-state index is 12.3. The molecular weight excluding hydrogens is 282 g/mol. The number of benzene rings is 1. The van der Waals surface area contributed by atoms with Crippen LogP contribution in [0.4, 0.5) is 10.5 Å². The van der Waals surface area contributed by atoms with E-state index in [9.17, 15) is 14.7 Å². The van der Waals surface area contributed by atoms with Crippen molar-refractivity contribution in [3.05, 3.63) is 59.4 Å². The minimum Gasteiger partial charge on any atom is -0.478 e. The Morgan fingerprint density at radius 2 is 1.95 bits per heavy atom. The summed E-state index contributed by atoms with van der Waals surface area (Å²) >= 11 is 0. The van der Waals surface area contributed by atoms with Gasteiger partial charge in [0.05, 0.1) is 12.1 Å². The standard InChI is InChI=1S/C16H15N3O3/c20-15(21)12-6-8-17-14-7-9-19(10-13(12)14)16(22)18-11-4-2-1-3-5-11/h1-6,8H,7,9-10H2,(H,18,22)(H,20,21). The normalized spacial score (nSPS) is 13.4. The molecule has 2 heterocycles. The van der Waals surface area contributed by atoms with E-state index in [2.05, 4.69) is 10.3 Å². The number of aromatic carboxylic acids is 1. The Balaban J connectivity index is 1.79. The van der Waals surface area contributed by atoms with E-state index in [1.807, 2.05) is 18.2 Å². The molecule has 2 aromatic rings. The second-order valence-corrected chi connectivity index (χ2v) is 5.06. The van der Waals surface area contributed by atoms with Crippen molar-refractivity contribution in [2.24, 2.45) is 0 Å². The van der Waals surface area contributed by atoms with Crippen LogP contribution >= 0.6 is 0 Å². The van der Waals surface area contributed by atoms with Crippen molar-refractivity contribution in [2.45, 2.75) is 13.0 Å². The van der Waals surface area contributed by atoms with Gasteiger partial charge in [0.2, 0.25) is 0 Å². The fraction of sp³-hybridized carbons (Fsp3) is 0.188. The first-order chi connectivity index (χ1) is 10.6. The third-order valence-electron chi connectivity index (χ3n) is 3.66. The second kappa shape index (κ2) is 5.85. The first-order valence-corrected chi connectivity index (χ1v) is 6.96. The van der Waals surface area contributed by atoms with E-state index in [0.29, 0.717) is 24.2 Å². The molecule has 3 rings (SSSR count). The van der Waals surface area contributed by atoms with E-state index in [-0.39, 0.29) is 18.1 Å². The zero-order chi connectivity index (χ0) is 15.5. The molecule has 6 nitrogen and oxygen atoms in total. The highest BCUT2D eigenvalue weighted by Crippen LogP contribution is 2.21. The van der Waals surface area contributed by atoms with Gasteiger partial charge >= 0.3 is 12.0 Å². The molecular formula is C16H15N3O3. The average molecular weight is 297 g/mol. The molecule has 1 aliphatic rings. The first-order valence-electron chi connectivity index (χ1n) is 6.96. The number of anilines is 1. The van der Waals surface area contributed by atoms with E-state index in [1.54, 1.807) is 17.0 Å². The molecule has 0 fully saturated rings. The maximum absolute atomic E-state index is 12.3. The molecule has 0 radical (unpaired) electrons. The number of aromatic nitrogens is 1. The van der Waals surface area contributed by atoms with Gasteiger partial charge in [-0.15, -0.1) is 0 Å². The quantitative estimate of drug-likeness (QED) is 0.891. The third kappa shape index (κ3) is 2.76. The van der Waals surface area contributed by atoms with Crippen LogP contribution in [0.5, 0.6) is 0 Å². The van der Waals surface area contributed by atoms with Crippen molar-refractivity contribution < 1.29 is 14.7 Å². The van der Waals surface area contributed by atoms with Crippen molar-refractivity contribution in [1.82, 2.24) is 9.88 Å². The van der Waals surface area contributed by atoms with Crippen LogP contribution in [-0.4, -0.2) is 33.5 Å². The number of carboxylic acid groups (broad SMARTS) is 1. The summed E-state index contributed by atoms with van der Waals surface area (Å²) in [5.41, 5.74) is 2.29. The molecule has 0 bridgehead atoms. The fourth-order valence-corrected chi connectivity index (χ4v) is 2.54. The Labute approximate surface area is 127 Å². The number of carbonyl (C=O) groups is 2. The molecule has 1 aromatic carbocycles. The fourth-order valence-electron chi connectivity index (χ4n) is 2.54. The van der Waals surface area contributed by atoms with Gasteiger partial charge in [0.15, 0.2) is 0 Å². The summed E-state index contributed by atoms with van der Waals surface area (Å²) in [7, 11) is 0. The molecule has 2 N–H and O–H groups in total. The van der Waals surface area contributed by atoms with Crippen LogP contribution in [0.25, 0.3) is 0 Å². The van der Waals surface area contributed by atoms with Crippen molar-refractivity contribution >= 4 is 17.7 Å². The minimum atomic E-state index is -0.996. The van der Waals surface area contributed by atoms with E-state index in [1.165, 1.54) is 12.3 Å². The molecule has 112 valence electrons. The summed E-state index contributed by atoms with van der Waals surface area (Å²) in [5, 5.41) is 12.1. The SMILES string of the molecule is O=C(O)c1ccnc2c1CN(C(=O)Nc1ccccc1)CC2. The molecule has 0 saturated heterocycles. The third-order valence-corrected chi connectivity index (χ3v) is 3.66. The summed E-state index contributed by atoms with van der Waals surface area (Å²) in [6.45, 7) is 0.769. The van der Waals surface area contributed by atoms with Gasteiger partial charge in [-0.3, -0.25) is 4.98 Å². The van der Waals surface area contributed by atoms with Crippen molar-refractivity contribution in [3.8, 4) is 0 Å². The number of pyridine rings is 1. The number of hydrogen-bond acceptors (Lipinski definition) is 3. The van der Waals surface area contributed by atoms with Crippen LogP contribution in [0.2, 0.25) is 0 Å². The number of rotatable bonds is 2. The van der Waals surface area contributed by atoms with Crippen LogP contribution < -0.4 is 5.32 Å². The number of hydrogen-bond donors (Lipinski definition) is 2. The van der Waals surface area contributed by atoms with Gasteiger partial charge in [-0.05, 0) is 18.2 Å². The van der Waals surface area contributed by atoms with E-state index < -0.39 is 5.97 Å². The number of fused-ring (bicyclic) bond motifs is 1. The minimum absolute atomic E-state index is 0.210. The molecule has 0 unspecified atom stereocenters. The predicted molar refractivity (Wildman–Crippen MR) is 80.8 cm³/mol. The van der Waals surface area contributed by atoms with Gasteiger partial charge in [0.1, 0.15) is 0 Å². The molecule has 1 aromatic heterocycles. The lowest BCUT2D eigenvalue weighted by Gasteiger charge is -2.29. The van der Waals surface area contributed by atoms with Gasteiger partial charge in [0.25, 0.3) is 0 Å². The molecule has 0 aliphatic carbocycles. The molecule has 22 heavy (non-hydrogen) atoms. The Hall–Kier alpha value is -2.89. The Morgan fingerprint density at radius 1 is 1.18 bits per heavy atom. The number of carbonyl (C=O) groups excluding carboxylic acids is 1. The largest absolute Gasteiger partial charge is 0.478 e. The lowest BCUT2D eigenvalue weighted by molar-refractivity contribution is 0.0693. The van der Waals surface area contributed by atoms with Crippen molar-refractivity contribution in [1.29, 1.82) is 0 Å². The van der Waals surface area contributed by atoms with Gasteiger partial charge in [-0.1, -0.05) is 18.2 Å². The Morgan fingerprint density at radius 3 is 2.68 bits per heavy atom. The maximum Gasteiger partial charge on any atom is 0.336 e. The van der Waals surface area contributed by atoms with E-state index in [0.717, 1.165) is 5.69 Å². The highest BCUT2D eigenvalue weighted by atomic mass is 16.4. The molecule has 0 spiro atoms. The van der Waals surface area contributed by atoms with E-state index in [4.69, 9.17) is 0 Å². The smallest absolute Gasteiger partial charge is 0.336 e. The molecule has 0 atom stereocenters. The monoisotopic (exact) mass is 297 g/mol. The van der Waals surface area contributed by atoms with Crippen molar-refractivity contribution in [3.63, 3.8) is 0 Å². The van der Waals surface area contributed by atoms with Crippen molar-refractivity contribution in [2.75, 3.05) is 11.9 Å². The number of nitrogens with one attached hydrogen (secondary N) is 1. The Bertz CT molecular complexity index is 716. The zero-order valence-corrected chi connectivity index (χ0v) is 11.8. The van der Waals surface area contributed by atoms with Gasteiger partial charge in [-0.25, -0.2) is 9.59 Å². The van der Waals surface area contributed by atoms with E-state index >= 15 is 0 Å². The number of urea groups is 1. The van der Waals surface area contributed by atoms with Gasteiger partial charge in [-0.2, -0.15) is 0 Å². The van der Waals surface area contributed by atoms with Crippen LogP contribution in [0.15, 0.2) is 42.6 Å². The lowest BCUT2D eigenvalue weighted by Crippen LogP contribution is -2.39. The molecule has 2 amide bonds.